The standard InChI is InChI=1S/C9H16F2O3/c1-3-4-7(2)5-14-6-9(10,11)8(12)13/h7H,3-6H2,1-2H3,(H,12,13). The van der Waals surface area contributed by atoms with Crippen LogP contribution in [0.2, 0.25) is 0 Å². The molecule has 1 unspecified atom stereocenters. The first-order chi connectivity index (χ1) is 6.40. The lowest BCUT2D eigenvalue weighted by molar-refractivity contribution is -0.174. The van der Waals surface area contributed by atoms with Gasteiger partial charge in [-0.3, -0.25) is 0 Å². The van der Waals surface area contributed by atoms with Crippen molar-refractivity contribution in [2.75, 3.05) is 13.2 Å². The number of rotatable bonds is 7. The van der Waals surface area contributed by atoms with Gasteiger partial charge in [-0.05, 0) is 12.3 Å². The predicted molar refractivity (Wildman–Crippen MR) is 47.5 cm³/mol. The van der Waals surface area contributed by atoms with E-state index < -0.39 is 18.5 Å². The zero-order valence-corrected chi connectivity index (χ0v) is 8.43. The molecule has 0 bridgehead atoms. The summed E-state index contributed by atoms with van der Waals surface area (Å²) in [5.41, 5.74) is 0. The van der Waals surface area contributed by atoms with Crippen molar-refractivity contribution in [3.63, 3.8) is 0 Å². The van der Waals surface area contributed by atoms with E-state index in [1.807, 2.05) is 13.8 Å². The molecule has 3 nitrogen and oxygen atoms in total. The summed E-state index contributed by atoms with van der Waals surface area (Å²) >= 11 is 0. The summed E-state index contributed by atoms with van der Waals surface area (Å²) < 4.78 is 29.6. The zero-order chi connectivity index (χ0) is 11.2. The molecular formula is C9H16F2O3. The highest BCUT2D eigenvalue weighted by Crippen LogP contribution is 2.15. The summed E-state index contributed by atoms with van der Waals surface area (Å²) in [6.07, 6.45) is 1.85. The Morgan fingerprint density at radius 1 is 1.57 bits per heavy atom. The van der Waals surface area contributed by atoms with Crippen LogP contribution in [0.1, 0.15) is 26.7 Å². The Morgan fingerprint density at radius 2 is 2.14 bits per heavy atom. The Labute approximate surface area is 82.1 Å². The van der Waals surface area contributed by atoms with E-state index in [0.717, 1.165) is 12.8 Å². The summed E-state index contributed by atoms with van der Waals surface area (Å²) in [7, 11) is 0. The fourth-order valence-electron chi connectivity index (χ4n) is 1.03. The first-order valence-corrected chi connectivity index (χ1v) is 4.59. The van der Waals surface area contributed by atoms with Gasteiger partial charge in [-0.2, -0.15) is 8.78 Å². The molecule has 0 rings (SSSR count). The average molecular weight is 210 g/mol. The van der Waals surface area contributed by atoms with Crippen molar-refractivity contribution < 1.29 is 23.4 Å². The average Bonchev–Trinajstić information content (AvgIpc) is 2.04. The van der Waals surface area contributed by atoms with Crippen LogP contribution in [0.25, 0.3) is 0 Å². The van der Waals surface area contributed by atoms with Gasteiger partial charge in [0.25, 0.3) is 0 Å². The van der Waals surface area contributed by atoms with Crippen LogP contribution in [0, 0.1) is 5.92 Å². The van der Waals surface area contributed by atoms with E-state index in [4.69, 9.17) is 5.11 Å². The van der Waals surface area contributed by atoms with Gasteiger partial charge < -0.3 is 9.84 Å². The van der Waals surface area contributed by atoms with Crippen molar-refractivity contribution in [2.45, 2.75) is 32.6 Å². The van der Waals surface area contributed by atoms with Gasteiger partial charge in [0.1, 0.15) is 6.61 Å². The van der Waals surface area contributed by atoms with Crippen molar-refractivity contribution >= 4 is 5.97 Å². The van der Waals surface area contributed by atoms with E-state index >= 15 is 0 Å². The fourth-order valence-corrected chi connectivity index (χ4v) is 1.03. The Morgan fingerprint density at radius 3 is 2.57 bits per heavy atom. The number of carboxylic acids is 1. The largest absolute Gasteiger partial charge is 0.477 e. The number of halogens is 2. The molecule has 0 saturated heterocycles. The summed E-state index contributed by atoms with van der Waals surface area (Å²) in [5.74, 6) is -5.73. The van der Waals surface area contributed by atoms with E-state index in [-0.39, 0.29) is 12.5 Å². The van der Waals surface area contributed by atoms with Gasteiger partial charge in [0.05, 0.1) is 0 Å². The summed E-state index contributed by atoms with van der Waals surface area (Å²) in [4.78, 5) is 9.99. The summed E-state index contributed by atoms with van der Waals surface area (Å²) in [6, 6.07) is 0. The lowest BCUT2D eigenvalue weighted by Gasteiger charge is -2.14. The van der Waals surface area contributed by atoms with Crippen LogP contribution >= 0.6 is 0 Å². The molecule has 0 aromatic carbocycles. The summed E-state index contributed by atoms with van der Waals surface area (Å²) in [5, 5.41) is 8.08. The molecule has 0 aliphatic heterocycles. The van der Waals surface area contributed by atoms with Gasteiger partial charge in [-0.25, -0.2) is 4.79 Å². The second-order valence-corrected chi connectivity index (χ2v) is 3.42. The van der Waals surface area contributed by atoms with Crippen molar-refractivity contribution in [1.29, 1.82) is 0 Å². The Kier molecular flexibility index (Phi) is 5.60. The molecule has 0 aliphatic carbocycles. The lowest BCUT2D eigenvalue weighted by Crippen LogP contribution is -2.34. The first kappa shape index (κ1) is 13.3. The van der Waals surface area contributed by atoms with Crippen molar-refractivity contribution in [2.24, 2.45) is 5.92 Å². The Balaban J connectivity index is 3.68. The SMILES string of the molecule is CCCC(C)COCC(F)(F)C(=O)O. The molecule has 1 atom stereocenters. The molecule has 0 radical (unpaired) electrons. The van der Waals surface area contributed by atoms with Gasteiger partial charge in [-0.15, -0.1) is 0 Å². The van der Waals surface area contributed by atoms with Crippen LogP contribution in [0.3, 0.4) is 0 Å². The van der Waals surface area contributed by atoms with Gasteiger partial charge in [0, 0.05) is 6.61 Å². The molecule has 14 heavy (non-hydrogen) atoms. The Hall–Kier alpha value is -0.710. The number of carbonyl (C=O) groups is 1. The van der Waals surface area contributed by atoms with Crippen molar-refractivity contribution in [3.8, 4) is 0 Å². The van der Waals surface area contributed by atoms with Gasteiger partial charge in [0.2, 0.25) is 0 Å². The monoisotopic (exact) mass is 210 g/mol. The normalized spacial score (nSPS) is 14.0. The second kappa shape index (κ2) is 5.90. The number of alkyl halides is 2. The summed E-state index contributed by atoms with van der Waals surface area (Å²) in [6.45, 7) is 3.00. The van der Waals surface area contributed by atoms with Crippen LogP contribution in [-0.4, -0.2) is 30.2 Å². The molecule has 0 heterocycles. The molecule has 5 heteroatoms. The quantitative estimate of drug-likeness (QED) is 0.700. The number of aliphatic carboxylic acids is 1. The minimum absolute atomic E-state index is 0.177. The van der Waals surface area contributed by atoms with Gasteiger partial charge >= 0.3 is 11.9 Å². The van der Waals surface area contributed by atoms with Crippen LogP contribution < -0.4 is 0 Å². The number of hydrogen-bond donors (Lipinski definition) is 1. The molecule has 1 N–H and O–H groups in total. The molecule has 0 aromatic rings. The molecule has 0 amide bonds. The molecule has 0 fully saturated rings. The maximum Gasteiger partial charge on any atom is 0.377 e. The molecule has 0 aromatic heterocycles. The van der Waals surface area contributed by atoms with Crippen molar-refractivity contribution in [1.82, 2.24) is 0 Å². The smallest absolute Gasteiger partial charge is 0.377 e. The second-order valence-electron chi connectivity index (χ2n) is 3.42. The first-order valence-electron chi connectivity index (χ1n) is 4.59. The number of hydrogen-bond acceptors (Lipinski definition) is 2. The third-order valence-electron chi connectivity index (χ3n) is 1.78. The molecule has 0 spiro atoms. The third-order valence-corrected chi connectivity index (χ3v) is 1.78. The fraction of sp³-hybridized carbons (Fsp3) is 0.889. The van der Waals surface area contributed by atoms with E-state index in [0.29, 0.717) is 0 Å². The van der Waals surface area contributed by atoms with Crippen LogP contribution in [0.4, 0.5) is 8.78 Å². The maximum absolute atomic E-state index is 12.5. The number of carboxylic acid groups (broad SMARTS) is 1. The predicted octanol–water partition coefficient (Wildman–Crippen LogP) is 2.16. The van der Waals surface area contributed by atoms with Crippen LogP contribution in [0.15, 0.2) is 0 Å². The highest BCUT2D eigenvalue weighted by Gasteiger charge is 2.39. The van der Waals surface area contributed by atoms with E-state index in [1.54, 1.807) is 0 Å². The minimum Gasteiger partial charge on any atom is -0.477 e. The van der Waals surface area contributed by atoms with Gasteiger partial charge in [0.15, 0.2) is 0 Å². The van der Waals surface area contributed by atoms with E-state index in [2.05, 4.69) is 4.74 Å². The molecule has 0 aliphatic rings. The number of ether oxygens (including phenoxy) is 1. The van der Waals surface area contributed by atoms with Crippen LogP contribution in [0.5, 0.6) is 0 Å². The molecule has 84 valence electrons. The third kappa shape index (κ3) is 5.11. The lowest BCUT2D eigenvalue weighted by atomic mass is 10.1. The highest BCUT2D eigenvalue weighted by atomic mass is 19.3. The van der Waals surface area contributed by atoms with E-state index in [1.165, 1.54) is 0 Å². The van der Waals surface area contributed by atoms with E-state index in [9.17, 15) is 13.6 Å². The highest BCUT2D eigenvalue weighted by molar-refractivity contribution is 5.75. The maximum atomic E-state index is 12.5. The minimum atomic E-state index is -3.77. The molecular weight excluding hydrogens is 194 g/mol. The zero-order valence-electron chi connectivity index (χ0n) is 8.43. The molecule has 0 saturated carbocycles. The van der Waals surface area contributed by atoms with Crippen molar-refractivity contribution in [3.05, 3.63) is 0 Å². The Bertz CT molecular complexity index is 183. The van der Waals surface area contributed by atoms with Gasteiger partial charge in [-0.1, -0.05) is 20.3 Å². The van der Waals surface area contributed by atoms with Crippen LogP contribution in [-0.2, 0) is 9.53 Å². The topological polar surface area (TPSA) is 46.5 Å².